The Balaban J connectivity index is 1.56. The van der Waals surface area contributed by atoms with Crippen molar-refractivity contribution in [2.24, 2.45) is 0 Å². The Morgan fingerprint density at radius 1 is 1.27 bits per heavy atom. The van der Waals surface area contributed by atoms with Crippen LogP contribution in [-0.4, -0.2) is 23.0 Å². The maximum atomic E-state index is 12.4. The number of thiazole rings is 1. The van der Waals surface area contributed by atoms with Crippen LogP contribution in [0, 0.1) is 0 Å². The van der Waals surface area contributed by atoms with E-state index in [-0.39, 0.29) is 5.91 Å². The average molecular weight is 367 g/mol. The molecule has 0 unspecified atom stereocenters. The first-order chi connectivity index (χ1) is 12.6. The smallest absolute Gasteiger partial charge is 0.417 e. The number of oxazole rings is 1. The van der Waals surface area contributed by atoms with E-state index in [1.54, 1.807) is 43.5 Å². The SMILES string of the molecule is COc1cccc(C(=O)Nc2nc(-c3ccc4[nH]c(=O)oc4c3)cs2)c1. The van der Waals surface area contributed by atoms with E-state index in [4.69, 9.17) is 9.15 Å². The number of nitrogens with one attached hydrogen (secondary N) is 2. The van der Waals surface area contributed by atoms with E-state index >= 15 is 0 Å². The summed E-state index contributed by atoms with van der Waals surface area (Å²) in [5.41, 5.74) is 3.04. The minimum atomic E-state index is -0.498. The molecule has 0 aliphatic rings. The predicted molar refractivity (Wildman–Crippen MR) is 98.9 cm³/mol. The van der Waals surface area contributed by atoms with Gasteiger partial charge in [-0.1, -0.05) is 12.1 Å². The molecule has 0 saturated heterocycles. The van der Waals surface area contributed by atoms with Crippen molar-refractivity contribution in [1.82, 2.24) is 9.97 Å². The molecule has 0 aliphatic heterocycles. The molecule has 0 aliphatic carbocycles. The monoisotopic (exact) mass is 367 g/mol. The van der Waals surface area contributed by atoms with Gasteiger partial charge in [0.2, 0.25) is 0 Å². The maximum absolute atomic E-state index is 12.4. The quantitative estimate of drug-likeness (QED) is 0.575. The first-order valence-electron chi connectivity index (χ1n) is 7.66. The molecule has 0 spiro atoms. The summed E-state index contributed by atoms with van der Waals surface area (Å²) in [6, 6.07) is 12.2. The number of hydrogen-bond donors (Lipinski definition) is 2. The standard InChI is InChI=1S/C18H13N3O4S/c1-24-12-4-2-3-11(7-12)16(22)21-17-19-14(9-26-17)10-5-6-13-15(8-10)25-18(23)20-13/h2-9H,1H3,(H,20,23)(H,19,21,22). The number of rotatable bonds is 4. The second-order valence-corrected chi connectivity index (χ2v) is 6.31. The topological polar surface area (TPSA) is 97.2 Å². The Kier molecular flexibility index (Phi) is 4.02. The lowest BCUT2D eigenvalue weighted by molar-refractivity contribution is 0.102. The first kappa shape index (κ1) is 16.1. The van der Waals surface area contributed by atoms with Crippen LogP contribution in [0.1, 0.15) is 10.4 Å². The number of aromatic amines is 1. The van der Waals surface area contributed by atoms with Crippen LogP contribution in [0.3, 0.4) is 0 Å². The number of carbonyl (C=O) groups is 1. The van der Waals surface area contributed by atoms with Crippen LogP contribution in [-0.2, 0) is 0 Å². The van der Waals surface area contributed by atoms with Crippen molar-refractivity contribution in [2.45, 2.75) is 0 Å². The number of aromatic nitrogens is 2. The number of fused-ring (bicyclic) bond motifs is 1. The van der Waals surface area contributed by atoms with Gasteiger partial charge >= 0.3 is 5.76 Å². The fourth-order valence-corrected chi connectivity index (χ4v) is 3.22. The number of amides is 1. The fourth-order valence-electron chi connectivity index (χ4n) is 2.50. The number of anilines is 1. The van der Waals surface area contributed by atoms with Gasteiger partial charge in [0.05, 0.1) is 18.3 Å². The molecule has 0 radical (unpaired) electrons. The Morgan fingerprint density at radius 2 is 2.15 bits per heavy atom. The van der Waals surface area contributed by atoms with Crippen LogP contribution in [0.15, 0.2) is 57.1 Å². The number of nitrogens with zero attached hydrogens (tertiary/aromatic N) is 1. The third kappa shape index (κ3) is 3.09. The van der Waals surface area contributed by atoms with E-state index in [0.29, 0.717) is 33.2 Å². The van der Waals surface area contributed by atoms with Crippen molar-refractivity contribution in [2.75, 3.05) is 12.4 Å². The largest absolute Gasteiger partial charge is 0.497 e. The molecule has 7 nitrogen and oxygen atoms in total. The van der Waals surface area contributed by atoms with Crippen LogP contribution < -0.4 is 15.8 Å². The van der Waals surface area contributed by atoms with Gasteiger partial charge in [0.15, 0.2) is 10.7 Å². The Hall–Kier alpha value is -3.39. The summed E-state index contributed by atoms with van der Waals surface area (Å²) in [7, 11) is 1.55. The zero-order chi connectivity index (χ0) is 18.1. The molecular weight excluding hydrogens is 354 g/mol. The second kappa shape index (κ2) is 6.49. The molecule has 2 N–H and O–H groups in total. The average Bonchev–Trinajstić information content (AvgIpc) is 3.26. The molecule has 8 heteroatoms. The van der Waals surface area contributed by atoms with Gasteiger partial charge in [0, 0.05) is 16.5 Å². The van der Waals surface area contributed by atoms with Crippen molar-refractivity contribution in [1.29, 1.82) is 0 Å². The highest BCUT2D eigenvalue weighted by Gasteiger charge is 2.12. The number of ether oxygens (including phenoxy) is 1. The Labute approximate surface area is 151 Å². The highest BCUT2D eigenvalue weighted by Crippen LogP contribution is 2.27. The summed E-state index contributed by atoms with van der Waals surface area (Å²) in [5.74, 6) is -0.155. The first-order valence-corrected chi connectivity index (χ1v) is 8.54. The molecular formula is C18H13N3O4S. The second-order valence-electron chi connectivity index (χ2n) is 5.45. The summed E-state index contributed by atoms with van der Waals surface area (Å²) < 4.78 is 10.2. The van der Waals surface area contributed by atoms with E-state index in [2.05, 4.69) is 15.3 Å². The lowest BCUT2D eigenvalue weighted by atomic mass is 10.1. The van der Waals surface area contributed by atoms with Crippen LogP contribution in [0.5, 0.6) is 5.75 Å². The van der Waals surface area contributed by atoms with Crippen molar-refractivity contribution >= 4 is 33.5 Å². The summed E-state index contributed by atoms with van der Waals surface area (Å²) in [6.07, 6.45) is 0. The summed E-state index contributed by atoms with van der Waals surface area (Å²) in [6.45, 7) is 0. The van der Waals surface area contributed by atoms with Gasteiger partial charge in [-0.2, -0.15) is 0 Å². The number of hydrogen-bond acceptors (Lipinski definition) is 6. The van der Waals surface area contributed by atoms with Crippen LogP contribution in [0.4, 0.5) is 5.13 Å². The highest BCUT2D eigenvalue weighted by molar-refractivity contribution is 7.14. The molecule has 4 rings (SSSR count). The van der Waals surface area contributed by atoms with Gasteiger partial charge in [-0.25, -0.2) is 9.78 Å². The molecule has 2 aromatic carbocycles. The minimum Gasteiger partial charge on any atom is -0.497 e. The van der Waals surface area contributed by atoms with Gasteiger partial charge < -0.3 is 9.15 Å². The van der Waals surface area contributed by atoms with E-state index < -0.39 is 5.76 Å². The molecule has 0 saturated carbocycles. The van der Waals surface area contributed by atoms with Crippen LogP contribution in [0.2, 0.25) is 0 Å². The number of H-pyrrole nitrogens is 1. The lowest BCUT2D eigenvalue weighted by Gasteiger charge is -2.04. The van der Waals surface area contributed by atoms with E-state index in [1.165, 1.54) is 11.3 Å². The molecule has 2 aromatic heterocycles. The molecule has 26 heavy (non-hydrogen) atoms. The zero-order valence-corrected chi connectivity index (χ0v) is 14.4. The Morgan fingerprint density at radius 3 is 3.00 bits per heavy atom. The maximum Gasteiger partial charge on any atom is 0.417 e. The lowest BCUT2D eigenvalue weighted by Crippen LogP contribution is -2.11. The number of carbonyl (C=O) groups excluding carboxylic acids is 1. The van der Waals surface area contributed by atoms with Gasteiger partial charge in [0.25, 0.3) is 5.91 Å². The molecule has 0 bridgehead atoms. The van der Waals surface area contributed by atoms with Crippen LogP contribution in [0.25, 0.3) is 22.4 Å². The molecule has 4 aromatic rings. The molecule has 1 amide bonds. The van der Waals surface area contributed by atoms with Gasteiger partial charge in [-0.15, -0.1) is 11.3 Å². The summed E-state index contributed by atoms with van der Waals surface area (Å²) in [4.78, 5) is 30.6. The highest BCUT2D eigenvalue weighted by atomic mass is 32.1. The number of benzene rings is 2. The molecule has 2 heterocycles. The van der Waals surface area contributed by atoms with E-state index in [0.717, 1.165) is 5.56 Å². The minimum absolute atomic E-state index is 0.267. The van der Waals surface area contributed by atoms with Crippen molar-refractivity contribution in [3.8, 4) is 17.0 Å². The summed E-state index contributed by atoms with van der Waals surface area (Å²) >= 11 is 1.31. The summed E-state index contributed by atoms with van der Waals surface area (Å²) in [5, 5.41) is 5.08. The van der Waals surface area contributed by atoms with E-state index in [1.807, 2.05) is 11.4 Å². The third-order valence-corrected chi connectivity index (χ3v) is 4.53. The Bertz CT molecular complexity index is 1160. The van der Waals surface area contributed by atoms with E-state index in [9.17, 15) is 9.59 Å². The fraction of sp³-hybridized carbons (Fsp3) is 0.0556. The van der Waals surface area contributed by atoms with Crippen molar-refractivity contribution < 1.29 is 13.9 Å². The molecule has 130 valence electrons. The van der Waals surface area contributed by atoms with Gasteiger partial charge in [-0.3, -0.25) is 15.1 Å². The van der Waals surface area contributed by atoms with Crippen molar-refractivity contribution in [3.05, 3.63) is 64.0 Å². The van der Waals surface area contributed by atoms with Gasteiger partial charge in [-0.05, 0) is 30.3 Å². The predicted octanol–water partition coefficient (Wildman–Crippen LogP) is 3.51. The number of methoxy groups -OCH3 is 1. The zero-order valence-electron chi connectivity index (χ0n) is 13.6. The van der Waals surface area contributed by atoms with Crippen molar-refractivity contribution in [3.63, 3.8) is 0 Å². The normalized spacial score (nSPS) is 10.8. The van der Waals surface area contributed by atoms with Gasteiger partial charge in [0.1, 0.15) is 5.75 Å². The molecule has 0 fully saturated rings. The third-order valence-electron chi connectivity index (χ3n) is 3.77. The van der Waals surface area contributed by atoms with Crippen LogP contribution >= 0.6 is 11.3 Å². The molecule has 0 atom stereocenters.